The fourth-order valence-electron chi connectivity index (χ4n) is 4.38. The lowest BCUT2D eigenvalue weighted by Crippen LogP contribution is -2.47. The summed E-state index contributed by atoms with van der Waals surface area (Å²) in [6, 6.07) is 6.78. The zero-order chi connectivity index (χ0) is 27.4. The van der Waals surface area contributed by atoms with Crippen LogP contribution < -0.4 is 9.80 Å². The molecule has 204 valence electrons. The van der Waals surface area contributed by atoms with E-state index in [0.29, 0.717) is 41.9 Å². The Labute approximate surface area is 213 Å². The third kappa shape index (κ3) is 6.60. The monoisotopic (exact) mass is 542 g/mol. The summed E-state index contributed by atoms with van der Waals surface area (Å²) in [4.78, 5) is 20.8. The van der Waals surface area contributed by atoms with Gasteiger partial charge in [-0.05, 0) is 43.2 Å². The zero-order valence-corrected chi connectivity index (χ0v) is 20.2. The Hall–Kier alpha value is -3.68. The number of anilines is 2. The van der Waals surface area contributed by atoms with E-state index in [1.54, 1.807) is 24.1 Å². The van der Waals surface area contributed by atoms with Crippen molar-refractivity contribution in [2.75, 3.05) is 36.5 Å². The normalized spacial score (nSPS) is 15.2. The van der Waals surface area contributed by atoms with Gasteiger partial charge in [0.05, 0.1) is 35.7 Å². The minimum atomic E-state index is -4.30. The van der Waals surface area contributed by atoms with Gasteiger partial charge >= 0.3 is 12.6 Å². The number of piperidine rings is 1. The molecule has 1 aliphatic heterocycles. The second kappa shape index (κ2) is 11.4. The summed E-state index contributed by atoms with van der Waals surface area (Å²) >= 11 is 0. The van der Waals surface area contributed by atoms with Gasteiger partial charge in [-0.25, -0.2) is 4.39 Å². The molecule has 1 aliphatic rings. The minimum absolute atomic E-state index is 0.108. The second-order valence-corrected chi connectivity index (χ2v) is 8.91. The number of carbonyl (C=O) groups excluding carboxylic acids is 1. The SMILES string of the molecule is CN(Cc1ccc(-c2nnc(C(F)F)o2)cn1)c1cc(F)ccc1N(C=O)C1CCN(CC(F)(F)F)CC1. The van der Waals surface area contributed by atoms with Crippen LogP contribution in [-0.2, 0) is 11.3 Å². The van der Waals surface area contributed by atoms with Gasteiger partial charge in [-0.1, -0.05) is 0 Å². The van der Waals surface area contributed by atoms with Gasteiger partial charge in [0, 0.05) is 32.4 Å². The third-order valence-corrected chi connectivity index (χ3v) is 6.19. The van der Waals surface area contributed by atoms with Crippen LogP contribution in [0, 0.1) is 5.82 Å². The maximum Gasteiger partial charge on any atom is 0.401 e. The summed E-state index contributed by atoms with van der Waals surface area (Å²) in [5, 5.41) is 6.86. The number of likely N-dealkylation sites (tertiary alicyclic amines) is 1. The molecule has 2 aromatic heterocycles. The highest BCUT2D eigenvalue weighted by Gasteiger charge is 2.34. The Morgan fingerprint density at radius 2 is 1.87 bits per heavy atom. The van der Waals surface area contributed by atoms with Crippen LogP contribution in [0.4, 0.5) is 37.7 Å². The van der Waals surface area contributed by atoms with E-state index in [2.05, 4.69) is 15.2 Å². The number of benzene rings is 1. The highest BCUT2D eigenvalue weighted by atomic mass is 19.4. The first-order valence-corrected chi connectivity index (χ1v) is 11.6. The Bertz CT molecular complexity index is 1230. The molecule has 0 spiro atoms. The number of alkyl halides is 5. The van der Waals surface area contributed by atoms with Crippen LogP contribution in [0.2, 0.25) is 0 Å². The standard InChI is InChI=1S/C24H24F6N6O2/c1-34(12-17-4-2-15(11-31-17)22-32-33-23(38-22)21(26)27)20-10-16(25)3-5-19(20)36(14-37)18-6-8-35(9-7-18)13-24(28,29)30/h2-5,10-11,14,18,21H,6-9,12-13H2,1H3. The molecule has 0 bridgehead atoms. The van der Waals surface area contributed by atoms with Crippen LogP contribution in [0.5, 0.6) is 0 Å². The maximum atomic E-state index is 14.2. The molecule has 14 heteroatoms. The van der Waals surface area contributed by atoms with E-state index in [9.17, 15) is 31.1 Å². The average Bonchev–Trinajstić information content (AvgIpc) is 3.37. The molecule has 0 unspecified atom stereocenters. The molecule has 1 saturated heterocycles. The van der Waals surface area contributed by atoms with Crippen molar-refractivity contribution >= 4 is 17.8 Å². The third-order valence-electron chi connectivity index (χ3n) is 6.19. The average molecular weight is 542 g/mol. The van der Waals surface area contributed by atoms with Crippen LogP contribution in [-0.4, -0.2) is 65.4 Å². The van der Waals surface area contributed by atoms with Crippen molar-refractivity contribution in [1.82, 2.24) is 20.1 Å². The Balaban J connectivity index is 1.48. The van der Waals surface area contributed by atoms with Gasteiger partial charge in [0.15, 0.2) is 0 Å². The molecule has 1 aromatic carbocycles. The molecule has 1 fully saturated rings. The predicted molar refractivity (Wildman–Crippen MR) is 125 cm³/mol. The van der Waals surface area contributed by atoms with Crippen molar-refractivity contribution in [1.29, 1.82) is 0 Å². The van der Waals surface area contributed by atoms with Gasteiger partial charge in [0.2, 0.25) is 12.3 Å². The number of hydrogen-bond donors (Lipinski definition) is 0. The fraction of sp³-hybridized carbons (Fsp3) is 0.417. The summed E-state index contributed by atoms with van der Waals surface area (Å²) in [6.45, 7) is -0.456. The predicted octanol–water partition coefficient (Wildman–Crippen LogP) is 4.83. The van der Waals surface area contributed by atoms with Crippen molar-refractivity contribution in [3.63, 3.8) is 0 Å². The molecule has 0 aliphatic carbocycles. The van der Waals surface area contributed by atoms with E-state index in [-0.39, 0.29) is 31.6 Å². The largest absolute Gasteiger partial charge is 0.415 e. The number of aromatic nitrogens is 3. The van der Waals surface area contributed by atoms with E-state index < -0.39 is 30.9 Å². The number of carbonyl (C=O) groups is 1. The topological polar surface area (TPSA) is 78.6 Å². The Morgan fingerprint density at radius 3 is 2.45 bits per heavy atom. The van der Waals surface area contributed by atoms with Gasteiger partial charge in [0.1, 0.15) is 5.82 Å². The number of nitrogens with zero attached hydrogens (tertiary/aromatic N) is 6. The lowest BCUT2D eigenvalue weighted by molar-refractivity contribution is -0.148. The van der Waals surface area contributed by atoms with Crippen molar-refractivity contribution in [3.05, 3.63) is 53.9 Å². The first kappa shape index (κ1) is 27.4. The van der Waals surface area contributed by atoms with Crippen molar-refractivity contribution < 1.29 is 35.6 Å². The summed E-state index contributed by atoms with van der Waals surface area (Å²) in [7, 11) is 1.68. The van der Waals surface area contributed by atoms with Crippen LogP contribution in [0.15, 0.2) is 40.9 Å². The molecular formula is C24H24F6N6O2. The van der Waals surface area contributed by atoms with Crippen LogP contribution in [0.25, 0.3) is 11.5 Å². The number of amides is 1. The summed E-state index contributed by atoms with van der Waals surface area (Å²) in [6.07, 6.45) is -4.53. The summed E-state index contributed by atoms with van der Waals surface area (Å²) < 4.78 is 82.7. The van der Waals surface area contributed by atoms with Crippen LogP contribution in [0.3, 0.4) is 0 Å². The van der Waals surface area contributed by atoms with Crippen molar-refractivity contribution in [2.45, 2.75) is 38.0 Å². The number of halogens is 6. The fourth-order valence-corrected chi connectivity index (χ4v) is 4.38. The number of rotatable bonds is 9. The van der Waals surface area contributed by atoms with Gasteiger partial charge in [-0.2, -0.15) is 22.0 Å². The molecule has 0 radical (unpaired) electrons. The van der Waals surface area contributed by atoms with Crippen LogP contribution in [0.1, 0.15) is 30.9 Å². The smallest absolute Gasteiger partial charge is 0.401 e. The Kier molecular flexibility index (Phi) is 8.19. The van der Waals surface area contributed by atoms with E-state index in [1.165, 1.54) is 34.2 Å². The molecule has 1 amide bonds. The number of pyridine rings is 1. The van der Waals surface area contributed by atoms with E-state index in [0.717, 1.165) is 0 Å². The maximum absolute atomic E-state index is 14.2. The number of hydrogen-bond acceptors (Lipinski definition) is 7. The quantitative estimate of drug-likeness (QED) is 0.283. The highest BCUT2D eigenvalue weighted by Crippen LogP contribution is 2.34. The molecule has 8 nitrogen and oxygen atoms in total. The summed E-state index contributed by atoms with van der Waals surface area (Å²) in [5.41, 5.74) is 1.68. The molecule has 3 heterocycles. The van der Waals surface area contributed by atoms with Gasteiger partial charge in [0.25, 0.3) is 5.89 Å². The molecule has 0 saturated carbocycles. The highest BCUT2D eigenvalue weighted by molar-refractivity contribution is 5.84. The second-order valence-electron chi connectivity index (χ2n) is 8.91. The van der Waals surface area contributed by atoms with Crippen molar-refractivity contribution in [3.8, 4) is 11.5 Å². The summed E-state index contributed by atoms with van der Waals surface area (Å²) in [5.74, 6) is -1.44. The van der Waals surface area contributed by atoms with Crippen molar-refractivity contribution in [2.24, 2.45) is 0 Å². The van der Waals surface area contributed by atoms with Gasteiger partial charge in [-0.3, -0.25) is 14.7 Å². The minimum Gasteiger partial charge on any atom is -0.415 e. The Morgan fingerprint density at radius 1 is 1.13 bits per heavy atom. The first-order chi connectivity index (χ1) is 18.0. The molecule has 3 aromatic rings. The van der Waals surface area contributed by atoms with Gasteiger partial charge in [-0.15, -0.1) is 10.2 Å². The van der Waals surface area contributed by atoms with Crippen LogP contribution >= 0.6 is 0 Å². The molecule has 38 heavy (non-hydrogen) atoms. The zero-order valence-electron chi connectivity index (χ0n) is 20.2. The molecule has 4 rings (SSSR count). The van der Waals surface area contributed by atoms with Gasteiger partial charge < -0.3 is 14.2 Å². The van der Waals surface area contributed by atoms with E-state index >= 15 is 0 Å². The lowest BCUT2D eigenvalue weighted by atomic mass is 10.0. The molecular weight excluding hydrogens is 518 g/mol. The lowest BCUT2D eigenvalue weighted by Gasteiger charge is -2.38. The van der Waals surface area contributed by atoms with E-state index in [4.69, 9.17) is 4.42 Å². The molecule has 0 N–H and O–H groups in total. The first-order valence-electron chi connectivity index (χ1n) is 11.6. The van der Waals surface area contributed by atoms with E-state index in [1.807, 2.05) is 0 Å². The molecule has 0 atom stereocenters.